The molecule has 2 aromatic rings. The van der Waals surface area contributed by atoms with E-state index in [1.807, 2.05) is 19.1 Å². The van der Waals surface area contributed by atoms with E-state index in [0.717, 1.165) is 75.0 Å². The van der Waals surface area contributed by atoms with Crippen LogP contribution in [0, 0.1) is 12.8 Å². The maximum absolute atomic E-state index is 9.44. The Balaban J connectivity index is 1.30. The lowest BCUT2D eigenvalue weighted by Gasteiger charge is -2.31. The molecule has 1 unspecified atom stereocenters. The van der Waals surface area contributed by atoms with Gasteiger partial charge < -0.3 is 25.6 Å². The lowest BCUT2D eigenvalue weighted by Crippen LogP contribution is -2.36. The number of hydrogen-bond acceptors (Lipinski definition) is 9. The van der Waals surface area contributed by atoms with Gasteiger partial charge in [0.2, 0.25) is 5.75 Å². The van der Waals surface area contributed by atoms with Crippen molar-refractivity contribution in [2.45, 2.75) is 51.6 Å². The zero-order valence-corrected chi connectivity index (χ0v) is 20.0. The SMILES string of the molecule is Cc1nc(NCC2CCNCC2)cc(Nc2ccc(OO)c3c2CCC(CN2CCCC2)O3)n1. The molecule has 0 radical (unpaired) electrons. The molecule has 9 nitrogen and oxygen atoms in total. The van der Waals surface area contributed by atoms with Crippen molar-refractivity contribution >= 4 is 17.3 Å². The molecule has 1 atom stereocenters. The van der Waals surface area contributed by atoms with E-state index in [2.05, 4.69) is 35.7 Å². The predicted octanol–water partition coefficient (Wildman–Crippen LogP) is 3.58. The van der Waals surface area contributed by atoms with E-state index in [9.17, 15) is 5.26 Å². The first-order chi connectivity index (χ1) is 16.7. The number of nitrogens with zero attached hydrogens (tertiary/aromatic N) is 3. The highest BCUT2D eigenvalue weighted by Gasteiger charge is 2.28. The van der Waals surface area contributed by atoms with Gasteiger partial charge in [-0.1, -0.05) is 0 Å². The van der Waals surface area contributed by atoms with E-state index in [0.29, 0.717) is 23.2 Å². The van der Waals surface area contributed by atoms with Crippen LogP contribution < -0.4 is 25.6 Å². The Morgan fingerprint density at radius 2 is 1.94 bits per heavy atom. The van der Waals surface area contributed by atoms with Crippen LogP contribution in [0.2, 0.25) is 0 Å². The molecule has 34 heavy (non-hydrogen) atoms. The van der Waals surface area contributed by atoms with Crippen LogP contribution in [0.4, 0.5) is 17.3 Å². The van der Waals surface area contributed by atoms with Gasteiger partial charge in [0.15, 0.2) is 5.75 Å². The minimum absolute atomic E-state index is 0.0989. The Morgan fingerprint density at radius 1 is 1.15 bits per heavy atom. The summed E-state index contributed by atoms with van der Waals surface area (Å²) in [5.74, 6) is 3.92. The summed E-state index contributed by atoms with van der Waals surface area (Å²) in [7, 11) is 0. The van der Waals surface area contributed by atoms with Crippen molar-refractivity contribution < 1.29 is 14.9 Å². The topological polar surface area (TPSA) is 104 Å². The summed E-state index contributed by atoms with van der Waals surface area (Å²) in [5, 5.41) is 19.8. The van der Waals surface area contributed by atoms with E-state index in [1.54, 1.807) is 6.07 Å². The van der Waals surface area contributed by atoms with Crippen molar-refractivity contribution in [2.75, 3.05) is 49.9 Å². The highest BCUT2D eigenvalue weighted by molar-refractivity contribution is 5.69. The number of hydrogen-bond donors (Lipinski definition) is 4. The number of nitrogens with one attached hydrogen (secondary N) is 3. The van der Waals surface area contributed by atoms with Gasteiger partial charge in [0, 0.05) is 30.4 Å². The number of fused-ring (bicyclic) bond motifs is 1. The lowest BCUT2D eigenvalue weighted by atomic mass is 9.98. The summed E-state index contributed by atoms with van der Waals surface area (Å²) in [6.07, 6.45) is 6.77. The van der Waals surface area contributed by atoms with E-state index in [-0.39, 0.29) is 6.10 Å². The Morgan fingerprint density at radius 3 is 2.74 bits per heavy atom. The van der Waals surface area contributed by atoms with Crippen molar-refractivity contribution in [1.82, 2.24) is 20.2 Å². The third kappa shape index (κ3) is 5.54. The third-order valence-electron chi connectivity index (χ3n) is 7.12. The van der Waals surface area contributed by atoms with E-state index in [4.69, 9.17) is 4.74 Å². The fourth-order valence-corrected chi connectivity index (χ4v) is 5.28. The second-order valence-corrected chi connectivity index (χ2v) is 9.68. The van der Waals surface area contributed by atoms with E-state index in [1.165, 1.54) is 25.7 Å². The van der Waals surface area contributed by atoms with Gasteiger partial charge in [-0.3, -0.25) is 4.90 Å². The monoisotopic (exact) mass is 468 g/mol. The molecule has 1 aromatic heterocycles. The summed E-state index contributed by atoms with van der Waals surface area (Å²) >= 11 is 0. The van der Waals surface area contributed by atoms with Crippen LogP contribution in [0.3, 0.4) is 0 Å². The fraction of sp³-hybridized carbons (Fsp3) is 0.600. The molecule has 3 aliphatic heterocycles. The molecule has 0 aliphatic carbocycles. The van der Waals surface area contributed by atoms with Crippen LogP contribution in [0.5, 0.6) is 11.5 Å². The first kappa shape index (κ1) is 23.1. The van der Waals surface area contributed by atoms with Crippen molar-refractivity contribution in [1.29, 1.82) is 0 Å². The molecule has 0 saturated carbocycles. The number of aryl methyl sites for hydroxylation is 1. The average Bonchev–Trinajstić information content (AvgIpc) is 3.36. The van der Waals surface area contributed by atoms with Gasteiger partial charge in [-0.15, -0.1) is 0 Å². The van der Waals surface area contributed by atoms with Crippen LogP contribution >= 0.6 is 0 Å². The quantitative estimate of drug-likeness (QED) is 0.342. The molecule has 4 N–H and O–H groups in total. The number of rotatable bonds is 8. The molecule has 0 spiro atoms. The van der Waals surface area contributed by atoms with Gasteiger partial charge in [-0.05, 0) is 89.7 Å². The first-order valence-electron chi connectivity index (χ1n) is 12.6. The fourth-order valence-electron chi connectivity index (χ4n) is 5.28. The number of benzene rings is 1. The maximum atomic E-state index is 9.44. The second-order valence-electron chi connectivity index (χ2n) is 9.68. The van der Waals surface area contributed by atoms with Gasteiger partial charge in [-0.2, -0.15) is 0 Å². The molecule has 2 saturated heterocycles. The Kier molecular flexibility index (Phi) is 7.32. The smallest absolute Gasteiger partial charge is 0.207 e. The van der Waals surface area contributed by atoms with Crippen LogP contribution in [0.25, 0.3) is 0 Å². The van der Waals surface area contributed by atoms with Crippen LogP contribution in [0.15, 0.2) is 18.2 Å². The summed E-state index contributed by atoms with van der Waals surface area (Å²) in [6, 6.07) is 5.61. The minimum atomic E-state index is 0.0989. The highest BCUT2D eigenvalue weighted by atomic mass is 17.1. The number of ether oxygens (including phenoxy) is 1. The third-order valence-corrected chi connectivity index (χ3v) is 7.12. The molecule has 184 valence electrons. The Bertz CT molecular complexity index is 975. The van der Waals surface area contributed by atoms with E-state index < -0.39 is 0 Å². The number of piperidine rings is 1. The van der Waals surface area contributed by atoms with Crippen molar-refractivity contribution in [2.24, 2.45) is 5.92 Å². The summed E-state index contributed by atoms with van der Waals surface area (Å²) in [6.45, 7) is 8.19. The molecule has 9 heteroatoms. The van der Waals surface area contributed by atoms with Gasteiger partial charge in [0.1, 0.15) is 23.6 Å². The molecule has 1 aromatic carbocycles. The van der Waals surface area contributed by atoms with Gasteiger partial charge in [0.05, 0.1) is 0 Å². The summed E-state index contributed by atoms with van der Waals surface area (Å²) < 4.78 is 6.33. The zero-order chi connectivity index (χ0) is 23.3. The Labute approximate surface area is 201 Å². The standard InChI is InChI=1S/C25H36N6O3/c1-17-28-23(27-15-18-8-10-26-11-9-18)14-24(29-17)30-21-6-7-22(34-32)25-20(21)5-4-19(33-25)16-31-12-2-3-13-31/h6-7,14,18-19,26,32H,2-5,8-13,15-16H2,1H3,(H2,27,28,29,30). The Hall–Kier alpha value is -2.62. The van der Waals surface area contributed by atoms with E-state index >= 15 is 0 Å². The first-order valence-corrected chi connectivity index (χ1v) is 12.6. The van der Waals surface area contributed by atoms with Crippen LogP contribution in [0.1, 0.15) is 43.5 Å². The molecule has 3 aliphatic rings. The summed E-state index contributed by atoms with van der Waals surface area (Å²) in [4.78, 5) is 16.3. The maximum Gasteiger partial charge on any atom is 0.207 e. The number of anilines is 3. The normalized spacial score (nSPS) is 21.1. The minimum Gasteiger partial charge on any atom is -0.485 e. The molecule has 5 rings (SSSR count). The summed E-state index contributed by atoms with van der Waals surface area (Å²) in [5.41, 5.74) is 1.92. The molecule has 2 fully saturated rings. The van der Waals surface area contributed by atoms with Crippen molar-refractivity contribution in [3.63, 3.8) is 0 Å². The lowest BCUT2D eigenvalue weighted by molar-refractivity contribution is -0.140. The van der Waals surface area contributed by atoms with Gasteiger partial charge >= 0.3 is 0 Å². The molecular formula is C25H36N6O3. The zero-order valence-electron chi connectivity index (χ0n) is 20.0. The van der Waals surface area contributed by atoms with Crippen molar-refractivity contribution in [3.8, 4) is 11.5 Å². The van der Waals surface area contributed by atoms with Crippen molar-refractivity contribution in [3.05, 3.63) is 29.6 Å². The number of likely N-dealkylation sites (tertiary alicyclic amines) is 1. The van der Waals surface area contributed by atoms with Crippen LogP contribution in [-0.2, 0) is 6.42 Å². The van der Waals surface area contributed by atoms with Gasteiger partial charge in [0.25, 0.3) is 0 Å². The average molecular weight is 469 g/mol. The van der Waals surface area contributed by atoms with Gasteiger partial charge in [-0.25, -0.2) is 15.2 Å². The highest BCUT2D eigenvalue weighted by Crippen LogP contribution is 2.42. The molecule has 0 amide bonds. The number of aromatic nitrogens is 2. The molecule has 0 bridgehead atoms. The molecular weight excluding hydrogens is 432 g/mol. The predicted molar refractivity (Wildman–Crippen MR) is 132 cm³/mol. The molecule has 4 heterocycles. The largest absolute Gasteiger partial charge is 0.485 e. The van der Waals surface area contributed by atoms with Crippen LogP contribution in [-0.4, -0.2) is 65.5 Å². The second kappa shape index (κ2) is 10.8.